The Balaban J connectivity index is 1.22. The first-order valence-corrected chi connectivity index (χ1v) is 18.5. The molecule has 0 aliphatic carbocycles. The van der Waals surface area contributed by atoms with Gasteiger partial charge >= 0.3 is 0 Å². The van der Waals surface area contributed by atoms with E-state index in [1.807, 2.05) is 19.3 Å². The predicted molar refractivity (Wildman–Crippen MR) is 204 cm³/mol. The van der Waals surface area contributed by atoms with Crippen LogP contribution in [0, 0.1) is 0 Å². The topological polar surface area (TPSA) is 82.2 Å². The minimum Gasteiger partial charge on any atom is -0.465 e. The molecule has 2 fully saturated rings. The summed E-state index contributed by atoms with van der Waals surface area (Å²) >= 11 is 7.22. The Morgan fingerprint density at radius 3 is 2.74 bits per heavy atom. The molecule has 0 spiro atoms. The largest absolute Gasteiger partial charge is 0.465 e. The maximum absolute atomic E-state index is 7.22. The van der Waals surface area contributed by atoms with Gasteiger partial charge in [0.1, 0.15) is 11.6 Å². The maximum Gasteiger partial charge on any atom is 0.203 e. The Hall–Kier alpha value is -4.24. The molecular formula is C41H48ClN7O. The molecule has 5 heterocycles. The molecule has 260 valence electrons. The average Bonchev–Trinajstić information content (AvgIpc) is 3.93. The Morgan fingerprint density at radius 1 is 1.08 bits per heavy atom. The van der Waals surface area contributed by atoms with E-state index in [0.717, 1.165) is 101 Å². The molecule has 50 heavy (non-hydrogen) atoms. The van der Waals surface area contributed by atoms with Crippen LogP contribution in [0.2, 0.25) is 5.02 Å². The van der Waals surface area contributed by atoms with Gasteiger partial charge in [-0.15, -0.1) is 0 Å². The van der Waals surface area contributed by atoms with Crippen LogP contribution >= 0.6 is 11.6 Å². The van der Waals surface area contributed by atoms with Gasteiger partial charge in [-0.25, -0.2) is 4.98 Å². The Morgan fingerprint density at radius 2 is 1.96 bits per heavy atom. The highest BCUT2D eigenvalue weighted by molar-refractivity contribution is 6.34. The van der Waals surface area contributed by atoms with E-state index in [2.05, 4.69) is 119 Å². The van der Waals surface area contributed by atoms with Crippen LogP contribution in [0.1, 0.15) is 88.2 Å². The fourth-order valence-electron chi connectivity index (χ4n) is 8.11. The lowest BCUT2D eigenvalue weighted by atomic mass is 10.0. The van der Waals surface area contributed by atoms with Crippen molar-refractivity contribution >= 4 is 28.2 Å². The van der Waals surface area contributed by atoms with Crippen LogP contribution in [0.5, 0.6) is 5.75 Å². The quantitative estimate of drug-likeness (QED) is 0.131. The summed E-state index contributed by atoms with van der Waals surface area (Å²) in [7, 11) is 1.96. The molecule has 3 unspecified atom stereocenters. The van der Waals surface area contributed by atoms with Gasteiger partial charge in [0.15, 0.2) is 0 Å². The van der Waals surface area contributed by atoms with Crippen LogP contribution in [0.3, 0.4) is 0 Å². The van der Waals surface area contributed by atoms with Gasteiger partial charge in [-0.3, -0.25) is 4.90 Å². The lowest BCUT2D eigenvalue weighted by Crippen LogP contribution is -2.50. The fraction of sp³-hybridized carbons (Fsp3) is 0.390. The van der Waals surface area contributed by atoms with Crippen molar-refractivity contribution in [3.63, 3.8) is 0 Å². The molecule has 9 heteroatoms. The summed E-state index contributed by atoms with van der Waals surface area (Å²) in [6, 6.07) is 22.2. The van der Waals surface area contributed by atoms with Crippen molar-refractivity contribution in [3.8, 4) is 28.3 Å². The number of likely N-dealkylation sites (tertiary alicyclic amines) is 1. The van der Waals surface area contributed by atoms with E-state index in [9.17, 15) is 0 Å². The summed E-state index contributed by atoms with van der Waals surface area (Å²) in [5, 5.41) is 12.5. The number of nitrogens with one attached hydrogen (secondary N) is 4. The van der Waals surface area contributed by atoms with Gasteiger partial charge in [-0.05, 0) is 101 Å². The molecule has 4 N–H and O–H groups in total. The summed E-state index contributed by atoms with van der Waals surface area (Å²) in [6.07, 6.45) is 9.41. The van der Waals surface area contributed by atoms with E-state index in [0.29, 0.717) is 5.02 Å². The second-order valence-corrected chi connectivity index (χ2v) is 15.3. The average molecular weight is 690 g/mol. The zero-order chi connectivity index (χ0) is 34.6. The summed E-state index contributed by atoms with van der Waals surface area (Å²) in [5.74, 6) is 1.74. The lowest BCUT2D eigenvalue weighted by Gasteiger charge is -2.38. The van der Waals surface area contributed by atoms with Gasteiger partial charge in [-0.2, -0.15) is 0 Å². The molecule has 0 bridgehead atoms. The molecule has 2 saturated heterocycles. The summed E-state index contributed by atoms with van der Waals surface area (Å²) in [6.45, 7) is 11.2. The molecule has 0 amide bonds. The third kappa shape index (κ3) is 5.97. The number of aryl methyl sites for hydroxylation is 1. The number of aromatic amines is 1. The number of aromatic nitrogens is 3. The molecule has 3 aliphatic heterocycles. The number of hydrogen-bond acceptors (Lipinski definition) is 6. The van der Waals surface area contributed by atoms with E-state index in [4.69, 9.17) is 21.3 Å². The van der Waals surface area contributed by atoms with E-state index >= 15 is 0 Å². The molecule has 3 aromatic carbocycles. The number of H-pyrrole nitrogens is 1. The van der Waals surface area contributed by atoms with Crippen LogP contribution in [0.25, 0.3) is 39.1 Å². The van der Waals surface area contributed by atoms with Gasteiger partial charge in [-0.1, -0.05) is 48.9 Å². The molecule has 0 radical (unpaired) electrons. The van der Waals surface area contributed by atoms with Gasteiger partial charge in [0.05, 0.1) is 51.6 Å². The second-order valence-electron chi connectivity index (χ2n) is 14.9. The Labute approximate surface area is 300 Å². The summed E-state index contributed by atoms with van der Waals surface area (Å²) < 4.78 is 9.32. The molecule has 5 aromatic rings. The van der Waals surface area contributed by atoms with Crippen LogP contribution in [0.4, 0.5) is 0 Å². The van der Waals surface area contributed by atoms with Crippen LogP contribution in [0.15, 0.2) is 73.1 Å². The zero-order valence-corrected chi connectivity index (χ0v) is 30.5. The number of benzene rings is 3. The number of rotatable bonds is 8. The Kier molecular flexibility index (Phi) is 8.66. The highest BCUT2D eigenvalue weighted by Gasteiger charge is 2.34. The number of ether oxygens (including phenoxy) is 1. The molecule has 0 saturated carbocycles. The summed E-state index contributed by atoms with van der Waals surface area (Å²) in [4.78, 5) is 10.8. The number of fused-ring (bicyclic) bond motifs is 5. The molecule has 3 aliphatic rings. The van der Waals surface area contributed by atoms with Crippen molar-refractivity contribution in [3.05, 3.63) is 101 Å². The first-order chi connectivity index (χ1) is 24.2. The van der Waals surface area contributed by atoms with Crippen LogP contribution in [-0.2, 0) is 6.42 Å². The first kappa shape index (κ1) is 32.9. The predicted octanol–water partition coefficient (Wildman–Crippen LogP) is 8.61. The SMILES string of the molecule is CCc1cccc(C2Oc3cc(-c4cnc(C5CCCN5)[nH]4)cc(Cl)c3-c3cc4cc(/C(=C/NC)NC5CCCN5C(C)(C)C)ccc4n32)c1. The first-order valence-electron chi connectivity index (χ1n) is 18.2. The monoisotopic (exact) mass is 689 g/mol. The van der Waals surface area contributed by atoms with E-state index in [1.165, 1.54) is 12.0 Å². The van der Waals surface area contributed by atoms with Crippen molar-refractivity contribution in [2.75, 3.05) is 20.1 Å². The van der Waals surface area contributed by atoms with E-state index < -0.39 is 0 Å². The highest BCUT2D eigenvalue weighted by atomic mass is 35.5. The van der Waals surface area contributed by atoms with Gasteiger partial charge < -0.3 is 30.2 Å². The van der Waals surface area contributed by atoms with Crippen molar-refractivity contribution < 1.29 is 4.74 Å². The molecular weight excluding hydrogens is 642 g/mol. The number of imidazole rings is 1. The molecule has 8 nitrogen and oxygen atoms in total. The normalized spacial score (nSPS) is 20.9. The highest BCUT2D eigenvalue weighted by Crippen LogP contribution is 2.49. The fourth-order valence-corrected chi connectivity index (χ4v) is 8.42. The maximum atomic E-state index is 7.22. The minimum absolute atomic E-state index is 0.0910. The smallest absolute Gasteiger partial charge is 0.203 e. The van der Waals surface area contributed by atoms with Gasteiger partial charge in [0, 0.05) is 41.8 Å². The van der Waals surface area contributed by atoms with Gasteiger partial charge in [0.2, 0.25) is 6.23 Å². The van der Waals surface area contributed by atoms with Crippen LogP contribution in [-0.4, -0.2) is 51.3 Å². The van der Waals surface area contributed by atoms with Gasteiger partial charge in [0.25, 0.3) is 0 Å². The van der Waals surface area contributed by atoms with Crippen molar-refractivity contribution in [2.24, 2.45) is 0 Å². The number of nitrogens with zero attached hydrogens (tertiary/aromatic N) is 3. The number of hydrogen-bond donors (Lipinski definition) is 4. The molecule has 3 atom stereocenters. The van der Waals surface area contributed by atoms with Crippen molar-refractivity contribution in [2.45, 2.75) is 83.8 Å². The lowest BCUT2D eigenvalue weighted by molar-refractivity contribution is 0.112. The van der Waals surface area contributed by atoms with E-state index in [-0.39, 0.29) is 24.0 Å². The summed E-state index contributed by atoms with van der Waals surface area (Å²) in [5.41, 5.74) is 9.64. The third-order valence-electron chi connectivity index (χ3n) is 10.6. The number of halogens is 1. The zero-order valence-electron chi connectivity index (χ0n) is 29.7. The Bertz CT molecular complexity index is 2060. The minimum atomic E-state index is -0.358. The molecule has 8 rings (SSSR count). The second kappa shape index (κ2) is 13.1. The van der Waals surface area contributed by atoms with Crippen molar-refractivity contribution in [1.82, 2.24) is 35.4 Å². The van der Waals surface area contributed by atoms with E-state index in [1.54, 1.807) is 0 Å². The third-order valence-corrected chi connectivity index (χ3v) is 10.9. The van der Waals surface area contributed by atoms with Crippen molar-refractivity contribution in [1.29, 1.82) is 0 Å². The van der Waals surface area contributed by atoms with Crippen LogP contribution < -0.4 is 20.7 Å². The molecule has 2 aromatic heterocycles. The standard InChI is InChI=1S/C41H48ClN7O/c1-6-25-10-7-11-27(18-25)40-49-34-15-14-26(32(23-43-5)46-37-13-9-17-48(37)41(2,3)4)19-29(34)21-35(49)38-30(42)20-28(22-36(38)50-40)33-24-45-39(47-33)31-12-8-16-44-31/h7,10-11,14-15,18-24,31,37,40,43-44,46H,6,8-9,12-13,16-17H2,1-5H3,(H,45,47)/b32-23-.